The van der Waals surface area contributed by atoms with Crippen molar-refractivity contribution < 1.29 is 13.6 Å². The van der Waals surface area contributed by atoms with Crippen LogP contribution in [0, 0.1) is 19.7 Å². The van der Waals surface area contributed by atoms with E-state index in [1.165, 1.54) is 35.2 Å². The molecule has 25 heavy (non-hydrogen) atoms. The van der Waals surface area contributed by atoms with E-state index in [2.05, 4.69) is 20.5 Å². The van der Waals surface area contributed by atoms with Crippen molar-refractivity contribution in [1.82, 2.24) is 20.5 Å². The molecule has 1 aromatic carbocycles. The average molecular weight is 378 g/mol. The largest absolute Gasteiger partial charge is 0.410 e. The zero-order valence-corrected chi connectivity index (χ0v) is 15.2. The Morgan fingerprint density at radius 3 is 2.72 bits per heavy atom. The van der Waals surface area contributed by atoms with Crippen LogP contribution in [0.4, 0.5) is 4.39 Å². The fourth-order valence-electron chi connectivity index (χ4n) is 2.07. The highest BCUT2D eigenvalue weighted by Crippen LogP contribution is 2.30. The van der Waals surface area contributed by atoms with Gasteiger partial charge in [-0.05, 0) is 31.5 Å². The molecule has 3 rings (SSSR count). The molecular formula is C16H15FN4O2S2. The number of aromatic nitrogens is 3. The summed E-state index contributed by atoms with van der Waals surface area (Å²) in [7, 11) is 0. The molecule has 1 amide bonds. The van der Waals surface area contributed by atoms with Gasteiger partial charge in [-0.2, -0.15) is 0 Å². The standard InChI is InChI=1S/C16H15FN4O2S2/c1-9-14(25-10(2)19-9)15-20-21-16(23-15)24-8-13(22)18-7-11-3-5-12(17)6-4-11/h3-6H,7-8H2,1-2H3,(H,18,22). The van der Waals surface area contributed by atoms with Crippen molar-refractivity contribution in [3.63, 3.8) is 0 Å². The second-order valence-corrected chi connectivity index (χ2v) is 7.34. The average Bonchev–Trinajstić information content (AvgIpc) is 3.18. The van der Waals surface area contributed by atoms with Crippen LogP contribution in [0.15, 0.2) is 33.9 Å². The molecule has 3 aromatic rings. The van der Waals surface area contributed by atoms with Crippen LogP contribution in [-0.4, -0.2) is 26.8 Å². The van der Waals surface area contributed by atoms with Gasteiger partial charge in [0.15, 0.2) is 0 Å². The van der Waals surface area contributed by atoms with Gasteiger partial charge in [0.25, 0.3) is 11.1 Å². The van der Waals surface area contributed by atoms with Crippen LogP contribution in [0.5, 0.6) is 0 Å². The van der Waals surface area contributed by atoms with E-state index in [0.29, 0.717) is 17.7 Å². The second-order valence-electron chi connectivity index (χ2n) is 5.21. The molecule has 0 aliphatic heterocycles. The van der Waals surface area contributed by atoms with Gasteiger partial charge in [0, 0.05) is 6.54 Å². The Bertz CT molecular complexity index is 877. The first kappa shape index (κ1) is 17.6. The highest BCUT2D eigenvalue weighted by molar-refractivity contribution is 7.99. The molecule has 6 nitrogen and oxygen atoms in total. The Labute approximate surface area is 151 Å². The first-order valence-electron chi connectivity index (χ1n) is 7.43. The Hall–Kier alpha value is -2.26. The number of benzene rings is 1. The van der Waals surface area contributed by atoms with Crippen LogP contribution in [-0.2, 0) is 11.3 Å². The van der Waals surface area contributed by atoms with Gasteiger partial charge in [0.05, 0.1) is 16.5 Å². The van der Waals surface area contributed by atoms with Crippen LogP contribution >= 0.6 is 23.1 Å². The number of thiazole rings is 1. The maximum Gasteiger partial charge on any atom is 0.277 e. The van der Waals surface area contributed by atoms with Crippen LogP contribution in [0.3, 0.4) is 0 Å². The maximum absolute atomic E-state index is 12.8. The maximum atomic E-state index is 12.8. The molecule has 2 heterocycles. The number of nitrogens with one attached hydrogen (secondary N) is 1. The van der Waals surface area contributed by atoms with Crippen molar-refractivity contribution in [3.05, 3.63) is 46.3 Å². The summed E-state index contributed by atoms with van der Waals surface area (Å²) in [6, 6.07) is 5.98. The van der Waals surface area contributed by atoms with E-state index in [0.717, 1.165) is 21.1 Å². The number of hydrogen-bond donors (Lipinski definition) is 1. The molecule has 0 aliphatic rings. The third-order valence-electron chi connectivity index (χ3n) is 3.23. The summed E-state index contributed by atoms with van der Waals surface area (Å²) >= 11 is 2.66. The molecule has 0 fully saturated rings. The molecule has 0 atom stereocenters. The monoisotopic (exact) mass is 378 g/mol. The smallest absolute Gasteiger partial charge is 0.277 e. The predicted molar refractivity (Wildman–Crippen MR) is 93.9 cm³/mol. The number of thioether (sulfide) groups is 1. The molecule has 130 valence electrons. The lowest BCUT2D eigenvalue weighted by Gasteiger charge is -2.04. The zero-order chi connectivity index (χ0) is 17.8. The van der Waals surface area contributed by atoms with E-state index < -0.39 is 0 Å². The second kappa shape index (κ2) is 7.75. The molecule has 2 aromatic heterocycles. The fourth-order valence-corrected chi connectivity index (χ4v) is 3.50. The van der Waals surface area contributed by atoms with Gasteiger partial charge in [-0.1, -0.05) is 23.9 Å². The minimum Gasteiger partial charge on any atom is -0.410 e. The number of rotatable bonds is 6. The van der Waals surface area contributed by atoms with Crippen LogP contribution in [0.2, 0.25) is 0 Å². The highest BCUT2D eigenvalue weighted by Gasteiger charge is 2.15. The lowest BCUT2D eigenvalue weighted by atomic mass is 10.2. The predicted octanol–water partition coefficient (Wildman–Crippen LogP) is 3.36. The minimum absolute atomic E-state index is 0.156. The van der Waals surface area contributed by atoms with E-state index >= 15 is 0 Å². The quantitative estimate of drug-likeness (QED) is 0.663. The van der Waals surface area contributed by atoms with Crippen molar-refractivity contribution in [3.8, 4) is 10.8 Å². The zero-order valence-electron chi connectivity index (χ0n) is 13.6. The van der Waals surface area contributed by atoms with Gasteiger partial charge in [-0.3, -0.25) is 4.79 Å². The van der Waals surface area contributed by atoms with Crippen LogP contribution in [0.25, 0.3) is 10.8 Å². The number of amides is 1. The summed E-state index contributed by atoms with van der Waals surface area (Å²) < 4.78 is 18.4. The lowest BCUT2D eigenvalue weighted by molar-refractivity contribution is -0.118. The van der Waals surface area contributed by atoms with E-state index in [1.807, 2.05) is 13.8 Å². The van der Waals surface area contributed by atoms with Gasteiger partial charge in [0.2, 0.25) is 5.91 Å². The number of carbonyl (C=O) groups excluding carboxylic acids is 1. The Balaban J connectivity index is 1.51. The van der Waals surface area contributed by atoms with Crippen molar-refractivity contribution in [2.45, 2.75) is 25.6 Å². The summed E-state index contributed by atoms with van der Waals surface area (Å²) in [5.41, 5.74) is 1.68. The summed E-state index contributed by atoms with van der Waals surface area (Å²) in [6.45, 7) is 4.14. The normalized spacial score (nSPS) is 10.8. The molecule has 0 aliphatic carbocycles. The minimum atomic E-state index is -0.302. The third-order valence-corrected chi connectivity index (χ3v) is 5.11. The van der Waals surface area contributed by atoms with Gasteiger partial charge in [-0.15, -0.1) is 21.5 Å². The number of hydrogen-bond acceptors (Lipinski definition) is 7. The number of carbonyl (C=O) groups is 1. The number of nitrogens with zero attached hydrogens (tertiary/aromatic N) is 3. The van der Waals surface area contributed by atoms with Crippen LogP contribution in [0.1, 0.15) is 16.3 Å². The molecule has 0 bridgehead atoms. The van der Waals surface area contributed by atoms with Gasteiger partial charge < -0.3 is 9.73 Å². The van der Waals surface area contributed by atoms with Gasteiger partial charge >= 0.3 is 0 Å². The van der Waals surface area contributed by atoms with Crippen molar-refractivity contribution in [2.75, 3.05) is 5.75 Å². The Morgan fingerprint density at radius 2 is 2.04 bits per heavy atom. The van der Waals surface area contributed by atoms with Crippen molar-refractivity contribution in [1.29, 1.82) is 0 Å². The van der Waals surface area contributed by atoms with Gasteiger partial charge in [0.1, 0.15) is 10.7 Å². The topological polar surface area (TPSA) is 80.9 Å². The number of halogens is 1. The summed E-state index contributed by atoms with van der Waals surface area (Å²) in [5, 5.41) is 12.0. The third kappa shape index (κ3) is 4.64. The Kier molecular flexibility index (Phi) is 5.44. The Morgan fingerprint density at radius 1 is 1.28 bits per heavy atom. The molecular weight excluding hydrogens is 363 g/mol. The lowest BCUT2D eigenvalue weighted by Crippen LogP contribution is -2.24. The summed E-state index contributed by atoms with van der Waals surface area (Å²) in [4.78, 5) is 17.1. The van der Waals surface area contributed by atoms with Gasteiger partial charge in [-0.25, -0.2) is 9.37 Å². The van der Waals surface area contributed by atoms with Crippen molar-refractivity contribution >= 4 is 29.0 Å². The molecule has 9 heteroatoms. The fraction of sp³-hybridized carbons (Fsp3) is 0.250. The van der Waals surface area contributed by atoms with E-state index in [9.17, 15) is 9.18 Å². The first-order chi connectivity index (χ1) is 12.0. The molecule has 0 saturated heterocycles. The van der Waals surface area contributed by atoms with Crippen LogP contribution < -0.4 is 5.32 Å². The molecule has 1 N–H and O–H groups in total. The SMILES string of the molecule is Cc1nc(C)c(-c2nnc(SCC(=O)NCc3ccc(F)cc3)o2)s1. The highest BCUT2D eigenvalue weighted by atomic mass is 32.2. The summed E-state index contributed by atoms with van der Waals surface area (Å²) in [5.74, 6) is 0.101. The summed E-state index contributed by atoms with van der Waals surface area (Å²) in [6.07, 6.45) is 0. The molecule has 0 saturated carbocycles. The number of aryl methyl sites for hydroxylation is 2. The van der Waals surface area contributed by atoms with E-state index in [-0.39, 0.29) is 17.5 Å². The molecule has 0 radical (unpaired) electrons. The van der Waals surface area contributed by atoms with E-state index in [4.69, 9.17) is 4.42 Å². The van der Waals surface area contributed by atoms with E-state index in [1.54, 1.807) is 12.1 Å². The molecule has 0 unspecified atom stereocenters. The molecule has 0 spiro atoms. The van der Waals surface area contributed by atoms with Crippen molar-refractivity contribution in [2.24, 2.45) is 0 Å². The first-order valence-corrected chi connectivity index (χ1v) is 9.23.